The molecule has 1 atom stereocenters. The van der Waals surface area contributed by atoms with E-state index < -0.39 is 10.0 Å². The molecule has 0 aliphatic heterocycles. The number of nitrogens with zero attached hydrogens (tertiary/aromatic N) is 1. The summed E-state index contributed by atoms with van der Waals surface area (Å²) >= 11 is 0. The third-order valence-electron chi connectivity index (χ3n) is 3.86. The van der Waals surface area contributed by atoms with Crippen LogP contribution >= 0.6 is 0 Å². The second-order valence-corrected chi connectivity index (χ2v) is 7.23. The Hall–Kier alpha value is -1.66. The molecule has 0 amide bonds. The van der Waals surface area contributed by atoms with Crippen LogP contribution in [0, 0.1) is 13.8 Å². The highest BCUT2D eigenvalue weighted by atomic mass is 32.2. The topological polar surface area (TPSA) is 72.2 Å². The van der Waals surface area contributed by atoms with Crippen LogP contribution in [0.2, 0.25) is 0 Å². The fraction of sp³-hybridized carbons (Fsp3) is 0.438. The van der Waals surface area contributed by atoms with Gasteiger partial charge in [-0.25, -0.2) is 13.1 Å². The predicted molar refractivity (Wildman–Crippen MR) is 85.2 cm³/mol. The summed E-state index contributed by atoms with van der Waals surface area (Å²) in [5, 5.41) is 3.68. The number of sulfonamides is 1. The molecule has 0 aliphatic rings. The molecule has 1 unspecified atom stereocenters. The number of aryl methyl sites for hydroxylation is 2. The van der Waals surface area contributed by atoms with E-state index in [1.165, 1.54) is 5.56 Å². The van der Waals surface area contributed by atoms with E-state index in [2.05, 4.69) is 23.7 Å². The first-order chi connectivity index (χ1) is 10.3. The van der Waals surface area contributed by atoms with Crippen molar-refractivity contribution in [3.05, 3.63) is 46.8 Å². The molecule has 0 aliphatic carbocycles. The number of aromatic nitrogens is 1. The molecular formula is C16H22N2O3S. The van der Waals surface area contributed by atoms with Crippen molar-refractivity contribution in [3.63, 3.8) is 0 Å². The molecule has 2 aromatic rings. The van der Waals surface area contributed by atoms with Crippen LogP contribution in [-0.2, 0) is 16.6 Å². The van der Waals surface area contributed by atoms with Crippen LogP contribution in [-0.4, -0.2) is 13.6 Å². The van der Waals surface area contributed by atoms with Crippen molar-refractivity contribution in [2.75, 3.05) is 0 Å². The van der Waals surface area contributed by atoms with Crippen molar-refractivity contribution in [2.24, 2.45) is 0 Å². The van der Waals surface area contributed by atoms with Gasteiger partial charge in [0.2, 0.25) is 10.0 Å². The van der Waals surface area contributed by atoms with Gasteiger partial charge >= 0.3 is 0 Å². The molecule has 2 rings (SSSR count). The molecular weight excluding hydrogens is 300 g/mol. The molecule has 0 spiro atoms. The van der Waals surface area contributed by atoms with Gasteiger partial charge in [-0.15, -0.1) is 0 Å². The Morgan fingerprint density at radius 1 is 1.23 bits per heavy atom. The first-order valence-corrected chi connectivity index (χ1v) is 8.84. The zero-order chi connectivity index (χ0) is 16.3. The molecule has 0 bridgehead atoms. The highest BCUT2D eigenvalue weighted by molar-refractivity contribution is 7.89. The van der Waals surface area contributed by atoms with Gasteiger partial charge in [0.25, 0.3) is 0 Å². The van der Waals surface area contributed by atoms with Crippen molar-refractivity contribution < 1.29 is 12.9 Å². The molecule has 120 valence electrons. The molecule has 0 radical (unpaired) electrons. The molecule has 5 nitrogen and oxygen atoms in total. The molecule has 0 saturated carbocycles. The maximum atomic E-state index is 12.3. The van der Waals surface area contributed by atoms with Gasteiger partial charge in [0, 0.05) is 6.54 Å². The van der Waals surface area contributed by atoms with E-state index in [9.17, 15) is 8.42 Å². The van der Waals surface area contributed by atoms with E-state index in [-0.39, 0.29) is 11.4 Å². The number of benzene rings is 1. The molecule has 1 aromatic carbocycles. The molecule has 1 aromatic heterocycles. The predicted octanol–water partition coefficient (Wildman–Crippen LogP) is 3.28. The maximum Gasteiger partial charge on any atom is 0.246 e. The first-order valence-electron chi connectivity index (χ1n) is 7.36. The standard InChI is InChI=1S/C16H22N2O3S/c1-5-11(2)15-8-6-14(7-9-15)10-17-22(19,20)16-12(3)18-21-13(16)4/h6-9,11,17H,5,10H2,1-4H3. The van der Waals surface area contributed by atoms with E-state index in [1.807, 2.05) is 24.3 Å². The SMILES string of the molecule is CCC(C)c1ccc(CNS(=O)(=O)c2c(C)noc2C)cc1. The van der Waals surface area contributed by atoms with Gasteiger partial charge in [0.1, 0.15) is 10.6 Å². The van der Waals surface area contributed by atoms with Crippen molar-refractivity contribution in [1.29, 1.82) is 0 Å². The second-order valence-electron chi connectivity index (χ2n) is 5.53. The summed E-state index contributed by atoms with van der Waals surface area (Å²) in [6, 6.07) is 8.01. The van der Waals surface area contributed by atoms with Crippen molar-refractivity contribution in [1.82, 2.24) is 9.88 Å². The fourth-order valence-corrected chi connectivity index (χ4v) is 3.65. The average Bonchev–Trinajstić information content (AvgIpc) is 2.84. The number of rotatable bonds is 6. The lowest BCUT2D eigenvalue weighted by Gasteiger charge is -2.10. The molecule has 22 heavy (non-hydrogen) atoms. The van der Waals surface area contributed by atoms with Crippen molar-refractivity contribution >= 4 is 10.0 Å². The minimum atomic E-state index is -3.61. The van der Waals surface area contributed by atoms with Crippen LogP contribution in [0.1, 0.15) is 48.8 Å². The van der Waals surface area contributed by atoms with Gasteiger partial charge in [0.05, 0.1) is 0 Å². The third-order valence-corrected chi connectivity index (χ3v) is 5.51. The van der Waals surface area contributed by atoms with Crippen LogP contribution in [0.25, 0.3) is 0 Å². The van der Waals surface area contributed by atoms with Gasteiger partial charge < -0.3 is 4.52 Å². The van der Waals surface area contributed by atoms with E-state index in [1.54, 1.807) is 13.8 Å². The molecule has 1 N–H and O–H groups in total. The van der Waals surface area contributed by atoms with Crippen LogP contribution in [0.4, 0.5) is 0 Å². The lowest BCUT2D eigenvalue weighted by molar-refractivity contribution is 0.390. The van der Waals surface area contributed by atoms with Crippen molar-refractivity contribution in [3.8, 4) is 0 Å². The number of hydrogen-bond acceptors (Lipinski definition) is 4. The Bertz CT molecular complexity index is 714. The van der Waals surface area contributed by atoms with Gasteiger partial charge in [-0.2, -0.15) is 0 Å². The minimum Gasteiger partial charge on any atom is -0.360 e. The summed E-state index contributed by atoms with van der Waals surface area (Å²) in [5.41, 5.74) is 2.55. The Balaban J connectivity index is 2.09. The number of nitrogens with one attached hydrogen (secondary N) is 1. The van der Waals surface area contributed by atoms with Crippen LogP contribution in [0.15, 0.2) is 33.7 Å². The van der Waals surface area contributed by atoms with Gasteiger partial charge in [-0.05, 0) is 37.3 Å². The van der Waals surface area contributed by atoms with E-state index in [0.29, 0.717) is 17.4 Å². The smallest absolute Gasteiger partial charge is 0.246 e. The second kappa shape index (κ2) is 6.62. The molecule has 0 saturated heterocycles. The summed E-state index contributed by atoms with van der Waals surface area (Å²) in [7, 11) is -3.61. The van der Waals surface area contributed by atoms with Gasteiger partial charge in [-0.1, -0.05) is 43.3 Å². The van der Waals surface area contributed by atoms with Crippen molar-refractivity contribution in [2.45, 2.75) is 51.5 Å². The average molecular weight is 322 g/mol. The molecule has 0 fully saturated rings. The first kappa shape index (κ1) is 16.7. The summed E-state index contributed by atoms with van der Waals surface area (Å²) in [6.07, 6.45) is 1.08. The number of hydrogen-bond donors (Lipinski definition) is 1. The Kier molecular flexibility index (Phi) is 5.03. The van der Waals surface area contributed by atoms with E-state index in [4.69, 9.17) is 4.52 Å². The van der Waals surface area contributed by atoms with Gasteiger partial charge in [0.15, 0.2) is 5.76 Å². The van der Waals surface area contributed by atoms with Crippen LogP contribution in [0.3, 0.4) is 0 Å². The lowest BCUT2D eigenvalue weighted by Crippen LogP contribution is -2.24. The summed E-state index contributed by atoms with van der Waals surface area (Å²) in [6.45, 7) is 7.78. The molecule has 1 heterocycles. The maximum absolute atomic E-state index is 12.3. The largest absolute Gasteiger partial charge is 0.360 e. The Morgan fingerprint density at radius 3 is 2.36 bits per heavy atom. The monoisotopic (exact) mass is 322 g/mol. The lowest BCUT2D eigenvalue weighted by atomic mass is 9.98. The zero-order valence-electron chi connectivity index (χ0n) is 13.4. The Morgan fingerprint density at radius 2 is 1.86 bits per heavy atom. The highest BCUT2D eigenvalue weighted by Crippen LogP contribution is 2.20. The normalized spacial score (nSPS) is 13.3. The summed E-state index contributed by atoms with van der Waals surface area (Å²) < 4.78 is 32.2. The third kappa shape index (κ3) is 3.56. The van der Waals surface area contributed by atoms with E-state index in [0.717, 1.165) is 12.0 Å². The summed E-state index contributed by atoms with van der Waals surface area (Å²) in [5.74, 6) is 0.810. The summed E-state index contributed by atoms with van der Waals surface area (Å²) in [4.78, 5) is 0.128. The fourth-order valence-electron chi connectivity index (χ4n) is 2.31. The zero-order valence-corrected chi connectivity index (χ0v) is 14.2. The van der Waals surface area contributed by atoms with Crippen LogP contribution < -0.4 is 4.72 Å². The quantitative estimate of drug-likeness (QED) is 0.886. The van der Waals surface area contributed by atoms with E-state index >= 15 is 0 Å². The Labute approximate surface area is 131 Å². The highest BCUT2D eigenvalue weighted by Gasteiger charge is 2.23. The minimum absolute atomic E-state index is 0.128. The molecule has 6 heteroatoms. The van der Waals surface area contributed by atoms with Gasteiger partial charge in [-0.3, -0.25) is 0 Å². The van der Waals surface area contributed by atoms with Crippen LogP contribution in [0.5, 0.6) is 0 Å².